The SMILES string of the molecule is CCOC(=O)/C(C#N)=C\Nc1ncc(C(F)(F)F)cc1Cl. The number of carbonyl (C=O) groups excluding carboxylic acids is 1. The summed E-state index contributed by atoms with van der Waals surface area (Å²) in [5.41, 5.74) is -1.37. The minimum atomic E-state index is -4.56. The Kier molecular flexibility index (Phi) is 5.55. The predicted octanol–water partition coefficient (Wildman–Crippen LogP) is 3.14. The van der Waals surface area contributed by atoms with Crippen molar-refractivity contribution in [1.29, 1.82) is 5.26 Å². The van der Waals surface area contributed by atoms with Crippen molar-refractivity contribution >= 4 is 23.4 Å². The molecule has 0 saturated heterocycles. The summed E-state index contributed by atoms with van der Waals surface area (Å²) in [6, 6.07) is 2.27. The molecule has 21 heavy (non-hydrogen) atoms. The molecule has 1 aromatic heterocycles. The molecule has 0 aliphatic heterocycles. The third kappa shape index (κ3) is 4.65. The molecule has 1 heterocycles. The highest BCUT2D eigenvalue weighted by molar-refractivity contribution is 6.33. The molecule has 0 saturated carbocycles. The number of pyridine rings is 1. The quantitative estimate of drug-likeness (QED) is 0.524. The van der Waals surface area contributed by atoms with Crippen molar-refractivity contribution in [1.82, 2.24) is 4.98 Å². The maximum atomic E-state index is 12.4. The van der Waals surface area contributed by atoms with Crippen molar-refractivity contribution in [2.45, 2.75) is 13.1 Å². The number of ether oxygens (including phenoxy) is 1. The highest BCUT2D eigenvalue weighted by Crippen LogP contribution is 2.32. The van der Waals surface area contributed by atoms with Gasteiger partial charge in [-0.2, -0.15) is 18.4 Å². The molecule has 5 nitrogen and oxygen atoms in total. The van der Waals surface area contributed by atoms with Gasteiger partial charge in [-0.3, -0.25) is 0 Å². The van der Waals surface area contributed by atoms with Gasteiger partial charge < -0.3 is 10.1 Å². The number of rotatable bonds is 4. The van der Waals surface area contributed by atoms with Gasteiger partial charge in [-0.15, -0.1) is 0 Å². The average molecular weight is 320 g/mol. The van der Waals surface area contributed by atoms with E-state index >= 15 is 0 Å². The first-order valence-corrected chi connectivity index (χ1v) is 5.94. The van der Waals surface area contributed by atoms with Gasteiger partial charge in [0.15, 0.2) is 5.57 Å². The Hall–Kier alpha value is -2.27. The Balaban J connectivity index is 2.94. The van der Waals surface area contributed by atoms with Gasteiger partial charge in [0.05, 0.1) is 17.2 Å². The zero-order valence-electron chi connectivity index (χ0n) is 10.7. The van der Waals surface area contributed by atoms with Gasteiger partial charge >= 0.3 is 12.1 Å². The molecular formula is C12H9ClF3N3O2. The second-order valence-corrected chi connectivity index (χ2v) is 3.99. The summed E-state index contributed by atoms with van der Waals surface area (Å²) < 4.78 is 41.9. The van der Waals surface area contributed by atoms with E-state index in [4.69, 9.17) is 16.9 Å². The highest BCUT2D eigenvalue weighted by Gasteiger charge is 2.31. The van der Waals surface area contributed by atoms with Gasteiger partial charge in [0.25, 0.3) is 0 Å². The smallest absolute Gasteiger partial charge is 0.417 e. The van der Waals surface area contributed by atoms with Crippen LogP contribution < -0.4 is 5.32 Å². The zero-order valence-corrected chi connectivity index (χ0v) is 11.4. The van der Waals surface area contributed by atoms with E-state index in [2.05, 4.69) is 15.0 Å². The molecule has 0 bridgehead atoms. The fraction of sp³-hybridized carbons (Fsp3) is 0.250. The topological polar surface area (TPSA) is 75.0 Å². The minimum Gasteiger partial charge on any atom is -0.462 e. The molecule has 0 aromatic carbocycles. The van der Waals surface area contributed by atoms with E-state index in [0.29, 0.717) is 12.3 Å². The Labute approximate surface area is 123 Å². The van der Waals surface area contributed by atoms with Crippen LogP contribution in [0.2, 0.25) is 5.02 Å². The van der Waals surface area contributed by atoms with Crippen LogP contribution in [-0.4, -0.2) is 17.6 Å². The van der Waals surface area contributed by atoms with Gasteiger partial charge in [0, 0.05) is 12.4 Å². The summed E-state index contributed by atoms with van der Waals surface area (Å²) in [6.45, 7) is 1.64. The molecule has 1 rings (SSSR count). The minimum absolute atomic E-state index is 0.0805. The molecule has 1 aromatic rings. The van der Waals surface area contributed by atoms with Gasteiger partial charge in [-0.25, -0.2) is 9.78 Å². The summed E-state index contributed by atoms with van der Waals surface area (Å²) in [6.07, 6.45) is -3.02. The molecule has 9 heteroatoms. The van der Waals surface area contributed by atoms with E-state index < -0.39 is 17.7 Å². The Bertz CT molecular complexity index is 609. The van der Waals surface area contributed by atoms with Crippen LogP contribution in [0.1, 0.15) is 12.5 Å². The van der Waals surface area contributed by atoms with Crippen molar-refractivity contribution in [3.05, 3.63) is 34.6 Å². The Morgan fingerprint density at radius 3 is 2.76 bits per heavy atom. The van der Waals surface area contributed by atoms with E-state index in [-0.39, 0.29) is 23.0 Å². The number of esters is 1. The fourth-order valence-corrected chi connectivity index (χ4v) is 1.41. The molecule has 0 fully saturated rings. The zero-order chi connectivity index (χ0) is 16.0. The molecule has 0 atom stereocenters. The number of anilines is 1. The number of alkyl halides is 3. The number of nitrogens with one attached hydrogen (secondary N) is 1. The maximum Gasteiger partial charge on any atom is 0.417 e. The van der Waals surface area contributed by atoms with Crippen molar-refractivity contribution in [2.24, 2.45) is 0 Å². The molecular weight excluding hydrogens is 311 g/mol. The van der Waals surface area contributed by atoms with Crippen LogP contribution in [-0.2, 0) is 15.7 Å². The van der Waals surface area contributed by atoms with Gasteiger partial charge in [0.2, 0.25) is 0 Å². The number of aromatic nitrogens is 1. The standard InChI is InChI=1S/C12H9ClF3N3O2/c1-2-21-11(20)7(4-17)5-18-10-9(13)3-8(6-19-10)12(14,15)16/h3,5-6H,2H2,1H3,(H,18,19)/b7-5-. The number of hydrogen-bond acceptors (Lipinski definition) is 5. The third-order valence-corrected chi connectivity index (χ3v) is 2.43. The van der Waals surface area contributed by atoms with Crippen LogP contribution in [0.5, 0.6) is 0 Å². The van der Waals surface area contributed by atoms with Crippen LogP contribution >= 0.6 is 11.6 Å². The van der Waals surface area contributed by atoms with E-state index in [1.165, 1.54) is 0 Å². The normalized spacial score (nSPS) is 11.7. The van der Waals surface area contributed by atoms with Crippen molar-refractivity contribution in [2.75, 3.05) is 11.9 Å². The Morgan fingerprint density at radius 2 is 2.29 bits per heavy atom. The van der Waals surface area contributed by atoms with Crippen LogP contribution in [0.3, 0.4) is 0 Å². The lowest BCUT2D eigenvalue weighted by Gasteiger charge is -2.09. The lowest BCUT2D eigenvalue weighted by molar-refractivity contribution is -0.138. The first kappa shape index (κ1) is 16.8. The molecule has 0 aliphatic rings. The summed E-state index contributed by atoms with van der Waals surface area (Å²) in [7, 11) is 0. The summed E-state index contributed by atoms with van der Waals surface area (Å²) in [5.74, 6) is -0.989. The van der Waals surface area contributed by atoms with Crippen molar-refractivity contribution in [3.8, 4) is 6.07 Å². The molecule has 0 spiro atoms. The van der Waals surface area contributed by atoms with E-state index in [0.717, 1.165) is 6.20 Å². The van der Waals surface area contributed by atoms with Gasteiger partial charge in [0.1, 0.15) is 11.9 Å². The number of nitriles is 1. The average Bonchev–Trinajstić information content (AvgIpc) is 2.40. The molecule has 0 amide bonds. The summed E-state index contributed by atoms with van der Waals surface area (Å²) >= 11 is 5.65. The lowest BCUT2D eigenvalue weighted by atomic mass is 10.2. The fourth-order valence-electron chi connectivity index (χ4n) is 1.19. The molecule has 0 aliphatic carbocycles. The lowest BCUT2D eigenvalue weighted by Crippen LogP contribution is -2.09. The maximum absolute atomic E-state index is 12.4. The first-order valence-electron chi connectivity index (χ1n) is 5.56. The van der Waals surface area contributed by atoms with Gasteiger partial charge in [-0.05, 0) is 13.0 Å². The molecule has 1 N–H and O–H groups in total. The summed E-state index contributed by atoms with van der Waals surface area (Å²) in [4.78, 5) is 14.8. The molecule has 0 unspecified atom stereocenters. The molecule has 0 radical (unpaired) electrons. The second-order valence-electron chi connectivity index (χ2n) is 3.59. The van der Waals surface area contributed by atoms with E-state index in [1.807, 2.05) is 0 Å². The van der Waals surface area contributed by atoms with Crippen LogP contribution in [0, 0.1) is 11.3 Å². The van der Waals surface area contributed by atoms with Crippen molar-refractivity contribution < 1.29 is 22.7 Å². The monoisotopic (exact) mass is 319 g/mol. The van der Waals surface area contributed by atoms with Crippen LogP contribution in [0.25, 0.3) is 0 Å². The number of hydrogen-bond donors (Lipinski definition) is 1. The summed E-state index contributed by atoms with van der Waals surface area (Å²) in [5, 5.41) is 10.8. The highest BCUT2D eigenvalue weighted by atomic mass is 35.5. The predicted molar refractivity (Wildman–Crippen MR) is 68.2 cm³/mol. The largest absolute Gasteiger partial charge is 0.462 e. The van der Waals surface area contributed by atoms with Crippen molar-refractivity contribution in [3.63, 3.8) is 0 Å². The first-order chi connectivity index (χ1) is 9.79. The van der Waals surface area contributed by atoms with Crippen LogP contribution in [0.15, 0.2) is 24.0 Å². The Morgan fingerprint density at radius 1 is 1.62 bits per heavy atom. The second kappa shape index (κ2) is 6.95. The number of carbonyl (C=O) groups is 1. The molecule has 112 valence electrons. The van der Waals surface area contributed by atoms with Crippen LogP contribution in [0.4, 0.5) is 19.0 Å². The van der Waals surface area contributed by atoms with E-state index in [1.54, 1.807) is 13.0 Å². The van der Waals surface area contributed by atoms with E-state index in [9.17, 15) is 18.0 Å². The number of nitrogens with zero attached hydrogens (tertiary/aromatic N) is 2. The third-order valence-electron chi connectivity index (χ3n) is 2.14. The van der Waals surface area contributed by atoms with Gasteiger partial charge in [-0.1, -0.05) is 11.6 Å². The number of halogens is 4.